The molecular weight excluding hydrogens is 382 g/mol. The maximum Gasteiger partial charge on any atom is 0.307 e. The number of hydrogen-bond acceptors (Lipinski definition) is 5. The van der Waals surface area contributed by atoms with Crippen molar-refractivity contribution in [2.24, 2.45) is 0 Å². The average Bonchev–Trinajstić information content (AvgIpc) is 2.94. The second kappa shape index (κ2) is 9.46. The van der Waals surface area contributed by atoms with Crippen molar-refractivity contribution < 1.29 is 23.8 Å². The summed E-state index contributed by atoms with van der Waals surface area (Å²) in [5, 5.41) is 3.32. The lowest BCUT2D eigenvalue weighted by atomic mass is 10.0. The molecule has 1 aliphatic heterocycles. The summed E-state index contributed by atoms with van der Waals surface area (Å²) in [6.45, 7) is 1.08. The number of carbonyl (C=O) groups excluding carboxylic acids is 2. The second-order valence-electron chi connectivity index (χ2n) is 6.44. The quantitative estimate of drug-likeness (QED) is 0.747. The molecule has 0 saturated carbocycles. The normalized spacial score (nSPS) is 13.9. The average molecular weight is 404 g/mol. The van der Waals surface area contributed by atoms with Crippen molar-refractivity contribution in [1.82, 2.24) is 5.32 Å². The third-order valence-corrected chi connectivity index (χ3v) is 4.64. The van der Waals surface area contributed by atoms with Crippen LogP contribution in [0.2, 0.25) is 5.02 Å². The first-order valence-corrected chi connectivity index (χ1v) is 9.43. The van der Waals surface area contributed by atoms with Crippen LogP contribution in [0.5, 0.6) is 11.5 Å². The van der Waals surface area contributed by atoms with Gasteiger partial charge in [-0.2, -0.15) is 0 Å². The molecule has 2 aromatic rings. The van der Waals surface area contributed by atoms with Gasteiger partial charge in [-0.1, -0.05) is 41.9 Å². The molecule has 7 heteroatoms. The fourth-order valence-corrected chi connectivity index (χ4v) is 3.29. The molecule has 0 radical (unpaired) electrons. The molecule has 1 N–H and O–H groups in total. The zero-order valence-electron chi connectivity index (χ0n) is 15.6. The Morgan fingerprint density at radius 1 is 1.18 bits per heavy atom. The molecule has 2 aromatic carbocycles. The SMILES string of the molecule is COC(=O)CC(NC(=O)Cc1cc(Cl)c2c(c1)OCCCO2)c1ccccc1. The van der Waals surface area contributed by atoms with Gasteiger partial charge in [-0.25, -0.2) is 0 Å². The fourth-order valence-electron chi connectivity index (χ4n) is 3.00. The lowest BCUT2D eigenvalue weighted by molar-refractivity contribution is -0.141. The van der Waals surface area contributed by atoms with E-state index in [4.69, 9.17) is 25.8 Å². The molecule has 1 heterocycles. The molecule has 0 bridgehead atoms. The van der Waals surface area contributed by atoms with Crippen LogP contribution in [0.4, 0.5) is 0 Å². The predicted octanol–water partition coefficient (Wildman–Crippen LogP) is 3.46. The zero-order valence-corrected chi connectivity index (χ0v) is 16.3. The molecule has 1 aliphatic rings. The Kier molecular flexibility index (Phi) is 6.76. The summed E-state index contributed by atoms with van der Waals surface area (Å²) in [6.07, 6.45) is 0.919. The molecule has 148 valence electrons. The van der Waals surface area contributed by atoms with Crippen LogP contribution in [-0.4, -0.2) is 32.2 Å². The Balaban J connectivity index is 1.73. The molecule has 3 rings (SSSR count). The molecule has 0 spiro atoms. The molecule has 0 fully saturated rings. The van der Waals surface area contributed by atoms with Gasteiger partial charge in [0.15, 0.2) is 11.5 Å². The van der Waals surface area contributed by atoms with Crippen molar-refractivity contribution in [1.29, 1.82) is 0 Å². The van der Waals surface area contributed by atoms with Crippen LogP contribution in [0.15, 0.2) is 42.5 Å². The summed E-state index contributed by atoms with van der Waals surface area (Å²) in [5.41, 5.74) is 1.54. The number of halogens is 1. The first-order valence-electron chi connectivity index (χ1n) is 9.06. The summed E-state index contributed by atoms with van der Waals surface area (Å²) in [5.74, 6) is 0.425. The van der Waals surface area contributed by atoms with Crippen LogP contribution >= 0.6 is 11.6 Å². The summed E-state index contributed by atoms with van der Waals surface area (Å²) in [7, 11) is 1.33. The lowest BCUT2D eigenvalue weighted by Crippen LogP contribution is -2.31. The van der Waals surface area contributed by atoms with Gasteiger partial charge in [0.25, 0.3) is 0 Å². The number of amides is 1. The minimum Gasteiger partial charge on any atom is -0.489 e. The summed E-state index contributed by atoms with van der Waals surface area (Å²) >= 11 is 6.29. The third kappa shape index (κ3) is 5.16. The molecule has 0 aromatic heterocycles. The molecule has 0 aliphatic carbocycles. The van der Waals surface area contributed by atoms with E-state index in [1.54, 1.807) is 12.1 Å². The van der Waals surface area contributed by atoms with E-state index in [9.17, 15) is 9.59 Å². The third-order valence-electron chi connectivity index (χ3n) is 4.36. The van der Waals surface area contributed by atoms with E-state index in [2.05, 4.69) is 5.32 Å². The molecule has 1 atom stereocenters. The number of methoxy groups -OCH3 is 1. The number of rotatable bonds is 6. The highest BCUT2D eigenvalue weighted by atomic mass is 35.5. The fraction of sp³-hybridized carbons (Fsp3) is 0.333. The number of benzene rings is 2. The van der Waals surface area contributed by atoms with Gasteiger partial charge >= 0.3 is 5.97 Å². The van der Waals surface area contributed by atoms with Crippen molar-refractivity contribution in [3.8, 4) is 11.5 Å². The molecule has 1 amide bonds. The number of fused-ring (bicyclic) bond motifs is 1. The number of nitrogens with one attached hydrogen (secondary N) is 1. The van der Waals surface area contributed by atoms with Gasteiger partial charge in [-0.05, 0) is 23.3 Å². The van der Waals surface area contributed by atoms with Gasteiger partial charge in [-0.3, -0.25) is 9.59 Å². The van der Waals surface area contributed by atoms with E-state index in [1.165, 1.54) is 7.11 Å². The first-order chi connectivity index (χ1) is 13.6. The highest BCUT2D eigenvalue weighted by Crippen LogP contribution is 2.38. The van der Waals surface area contributed by atoms with E-state index < -0.39 is 12.0 Å². The minimum absolute atomic E-state index is 0.0498. The molecule has 1 unspecified atom stereocenters. The summed E-state index contributed by atoms with van der Waals surface area (Å²) in [4.78, 5) is 24.4. The Hall–Kier alpha value is -2.73. The molecule has 6 nitrogen and oxygen atoms in total. The van der Waals surface area contributed by atoms with Crippen LogP contribution < -0.4 is 14.8 Å². The standard InChI is InChI=1S/C21H22ClNO5/c1-26-20(25)13-17(15-6-3-2-4-7-15)23-19(24)12-14-10-16(22)21-18(11-14)27-8-5-9-28-21/h2-4,6-7,10-11,17H,5,8-9,12-13H2,1H3,(H,23,24). The van der Waals surface area contributed by atoms with Gasteiger partial charge < -0.3 is 19.5 Å². The maximum absolute atomic E-state index is 12.6. The number of hydrogen-bond donors (Lipinski definition) is 1. The Morgan fingerprint density at radius 2 is 1.93 bits per heavy atom. The van der Waals surface area contributed by atoms with E-state index in [1.807, 2.05) is 30.3 Å². The lowest BCUT2D eigenvalue weighted by Gasteiger charge is -2.18. The van der Waals surface area contributed by atoms with Gasteiger partial charge in [0.1, 0.15) is 0 Å². The summed E-state index contributed by atoms with van der Waals surface area (Å²) in [6, 6.07) is 12.3. The van der Waals surface area contributed by atoms with Crippen LogP contribution in [0.1, 0.15) is 30.0 Å². The van der Waals surface area contributed by atoms with Crippen molar-refractivity contribution in [3.05, 3.63) is 58.6 Å². The van der Waals surface area contributed by atoms with Crippen molar-refractivity contribution in [3.63, 3.8) is 0 Å². The van der Waals surface area contributed by atoms with Crippen molar-refractivity contribution in [2.45, 2.75) is 25.3 Å². The largest absolute Gasteiger partial charge is 0.489 e. The molecule has 28 heavy (non-hydrogen) atoms. The number of ether oxygens (including phenoxy) is 3. The second-order valence-corrected chi connectivity index (χ2v) is 6.85. The highest BCUT2D eigenvalue weighted by Gasteiger charge is 2.21. The van der Waals surface area contributed by atoms with Crippen molar-refractivity contribution >= 4 is 23.5 Å². The zero-order chi connectivity index (χ0) is 19.9. The van der Waals surface area contributed by atoms with Crippen LogP contribution in [-0.2, 0) is 20.7 Å². The first kappa shape index (κ1) is 20.0. The van der Waals surface area contributed by atoms with E-state index in [-0.39, 0.29) is 18.7 Å². The number of esters is 1. The topological polar surface area (TPSA) is 73.9 Å². The summed E-state index contributed by atoms with van der Waals surface area (Å²) < 4.78 is 16.0. The smallest absolute Gasteiger partial charge is 0.307 e. The van der Waals surface area contributed by atoms with E-state index in [0.717, 1.165) is 12.0 Å². The van der Waals surface area contributed by atoms with Crippen molar-refractivity contribution in [2.75, 3.05) is 20.3 Å². The molecular formula is C21H22ClNO5. The van der Waals surface area contributed by atoms with Crippen LogP contribution in [0.25, 0.3) is 0 Å². The maximum atomic E-state index is 12.6. The van der Waals surface area contributed by atoms with Gasteiger partial charge in [0.05, 0.1) is 44.2 Å². The predicted molar refractivity (Wildman–Crippen MR) is 105 cm³/mol. The van der Waals surface area contributed by atoms with E-state index >= 15 is 0 Å². The number of carbonyl (C=O) groups is 2. The van der Waals surface area contributed by atoms with Crippen LogP contribution in [0, 0.1) is 0 Å². The Morgan fingerprint density at radius 3 is 2.68 bits per heavy atom. The van der Waals surface area contributed by atoms with Crippen LogP contribution in [0.3, 0.4) is 0 Å². The molecule has 0 saturated heterocycles. The Labute approximate surface area is 168 Å². The monoisotopic (exact) mass is 403 g/mol. The van der Waals surface area contributed by atoms with Gasteiger partial charge in [0, 0.05) is 6.42 Å². The van der Waals surface area contributed by atoms with Gasteiger partial charge in [-0.15, -0.1) is 0 Å². The Bertz CT molecular complexity index is 840. The highest BCUT2D eigenvalue weighted by molar-refractivity contribution is 6.32. The minimum atomic E-state index is -0.475. The van der Waals surface area contributed by atoms with E-state index in [0.29, 0.717) is 35.3 Å². The van der Waals surface area contributed by atoms with Gasteiger partial charge in [0.2, 0.25) is 5.91 Å².